The second kappa shape index (κ2) is 6.04. The third-order valence-electron chi connectivity index (χ3n) is 4.20. The highest BCUT2D eigenvalue weighted by Gasteiger charge is 2.26. The summed E-state index contributed by atoms with van der Waals surface area (Å²) in [6.07, 6.45) is 2.44. The van der Waals surface area contributed by atoms with Gasteiger partial charge in [-0.3, -0.25) is 0 Å². The maximum Gasteiger partial charge on any atom is 0.0725 e. The number of rotatable bonds is 4. The highest BCUT2D eigenvalue weighted by molar-refractivity contribution is 5.35. The fraction of sp³-hybridized carbons (Fsp3) is 0.625. The minimum absolute atomic E-state index is 0.413. The topological polar surface area (TPSA) is 30.5 Å². The predicted octanol–water partition coefficient (Wildman–Crippen LogP) is 2.79. The predicted molar refractivity (Wildman–Crippen MR) is 74.9 cm³/mol. The van der Waals surface area contributed by atoms with Gasteiger partial charge in [0.05, 0.1) is 19.8 Å². The van der Waals surface area contributed by atoms with Gasteiger partial charge in [-0.1, -0.05) is 25.1 Å². The van der Waals surface area contributed by atoms with Crippen LogP contribution in [0.3, 0.4) is 0 Å². The monoisotopic (exact) mass is 261 g/mol. The lowest BCUT2D eigenvalue weighted by molar-refractivity contribution is 0.0392. The first-order valence-electron chi connectivity index (χ1n) is 7.39. The van der Waals surface area contributed by atoms with Crippen LogP contribution in [0, 0.1) is 5.92 Å². The molecule has 3 heteroatoms. The summed E-state index contributed by atoms with van der Waals surface area (Å²) in [5, 5.41) is 3.64. The molecule has 1 fully saturated rings. The molecule has 0 bridgehead atoms. The zero-order valence-electron chi connectivity index (χ0n) is 11.7. The molecule has 19 heavy (non-hydrogen) atoms. The Bertz CT molecular complexity index is 427. The van der Waals surface area contributed by atoms with Crippen LogP contribution in [-0.2, 0) is 22.7 Å². The first-order chi connectivity index (χ1) is 9.38. The van der Waals surface area contributed by atoms with Gasteiger partial charge in [0.2, 0.25) is 0 Å². The van der Waals surface area contributed by atoms with E-state index in [1.54, 1.807) is 0 Å². The molecule has 1 saturated heterocycles. The Morgan fingerprint density at radius 1 is 1.26 bits per heavy atom. The van der Waals surface area contributed by atoms with E-state index in [1.165, 1.54) is 29.5 Å². The normalized spacial score (nSPS) is 24.2. The molecule has 3 rings (SSSR count). The van der Waals surface area contributed by atoms with Crippen molar-refractivity contribution in [2.75, 3.05) is 19.8 Å². The van der Waals surface area contributed by atoms with Crippen LogP contribution in [0.1, 0.15) is 42.5 Å². The van der Waals surface area contributed by atoms with Crippen molar-refractivity contribution < 1.29 is 9.47 Å². The third-order valence-corrected chi connectivity index (χ3v) is 4.20. The number of benzene rings is 1. The van der Waals surface area contributed by atoms with Crippen molar-refractivity contribution in [2.24, 2.45) is 5.92 Å². The largest absolute Gasteiger partial charge is 0.381 e. The van der Waals surface area contributed by atoms with Gasteiger partial charge in [0, 0.05) is 18.6 Å². The molecular weight excluding hydrogens is 238 g/mol. The number of fused-ring (bicyclic) bond motifs is 1. The Labute approximate surface area is 115 Å². The lowest BCUT2D eigenvalue weighted by atomic mass is 9.87. The Morgan fingerprint density at radius 3 is 2.95 bits per heavy atom. The van der Waals surface area contributed by atoms with Crippen molar-refractivity contribution in [1.82, 2.24) is 5.32 Å². The van der Waals surface area contributed by atoms with Crippen LogP contribution in [0.25, 0.3) is 0 Å². The second-order valence-corrected chi connectivity index (χ2v) is 5.53. The molecule has 1 aromatic rings. The van der Waals surface area contributed by atoms with Crippen molar-refractivity contribution in [2.45, 2.75) is 39.0 Å². The third kappa shape index (κ3) is 2.83. The Hall–Kier alpha value is -0.900. The molecule has 3 nitrogen and oxygen atoms in total. The quantitative estimate of drug-likeness (QED) is 0.904. The summed E-state index contributed by atoms with van der Waals surface area (Å²) < 4.78 is 11.2. The fourth-order valence-electron chi connectivity index (χ4n) is 3.19. The minimum Gasteiger partial charge on any atom is -0.381 e. The molecule has 2 aliphatic heterocycles. The molecule has 0 radical (unpaired) electrons. The van der Waals surface area contributed by atoms with E-state index in [0.29, 0.717) is 12.0 Å². The van der Waals surface area contributed by atoms with E-state index in [4.69, 9.17) is 9.47 Å². The molecule has 1 aromatic carbocycles. The molecule has 2 heterocycles. The standard InChI is InChI=1S/C16H23NO2/c1-2-17-16(14-4-3-7-18-10-14)12-5-6-13-9-19-11-15(13)8-12/h5-6,8,14,16-17H,2-4,7,9-11H2,1H3. The summed E-state index contributed by atoms with van der Waals surface area (Å²) in [4.78, 5) is 0. The van der Waals surface area contributed by atoms with Crippen LogP contribution in [0.5, 0.6) is 0 Å². The van der Waals surface area contributed by atoms with Crippen LogP contribution >= 0.6 is 0 Å². The van der Waals surface area contributed by atoms with Crippen LogP contribution in [-0.4, -0.2) is 19.8 Å². The fourth-order valence-corrected chi connectivity index (χ4v) is 3.19. The van der Waals surface area contributed by atoms with Gasteiger partial charge in [-0.05, 0) is 36.1 Å². The molecule has 0 aliphatic carbocycles. The second-order valence-electron chi connectivity index (χ2n) is 5.53. The lowest BCUT2D eigenvalue weighted by Gasteiger charge is -2.31. The highest BCUT2D eigenvalue weighted by atomic mass is 16.5. The number of ether oxygens (including phenoxy) is 2. The van der Waals surface area contributed by atoms with E-state index in [9.17, 15) is 0 Å². The van der Waals surface area contributed by atoms with Crippen molar-refractivity contribution in [3.8, 4) is 0 Å². The van der Waals surface area contributed by atoms with Gasteiger partial charge < -0.3 is 14.8 Å². The smallest absolute Gasteiger partial charge is 0.0725 e. The lowest BCUT2D eigenvalue weighted by Crippen LogP contribution is -2.33. The maximum absolute atomic E-state index is 5.66. The van der Waals surface area contributed by atoms with Gasteiger partial charge in [0.15, 0.2) is 0 Å². The average molecular weight is 261 g/mol. The van der Waals surface area contributed by atoms with Gasteiger partial charge >= 0.3 is 0 Å². The van der Waals surface area contributed by atoms with Gasteiger partial charge in [-0.15, -0.1) is 0 Å². The van der Waals surface area contributed by atoms with E-state index in [0.717, 1.165) is 33.0 Å². The average Bonchev–Trinajstić information content (AvgIpc) is 2.93. The number of hydrogen-bond acceptors (Lipinski definition) is 3. The summed E-state index contributed by atoms with van der Waals surface area (Å²) in [6.45, 7) is 6.51. The summed E-state index contributed by atoms with van der Waals surface area (Å²) in [6, 6.07) is 7.22. The molecular formula is C16H23NO2. The van der Waals surface area contributed by atoms with Gasteiger partial charge in [-0.25, -0.2) is 0 Å². The molecule has 104 valence electrons. The van der Waals surface area contributed by atoms with Crippen LogP contribution < -0.4 is 5.32 Å². The van der Waals surface area contributed by atoms with E-state index in [-0.39, 0.29) is 0 Å². The number of hydrogen-bond donors (Lipinski definition) is 1. The van der Waals surface area contributed by atoms with Crippen molar-refractivity contribution in [3.05, 3.63) is 34.9 Å². The van der Waals surface area contributed by atoms with E-state index >= 15 is 0 Å². The van der Waals surface area contributed by atoms with Crippen molar-refractivity contribution in [3.63, 3.8) is 0 Å². The van der Waals surface area contributed by atoms with E-state index in [2.05, 4.69) is 30.4 Å². The SMILES string of the molecule is CCNC(c1ccc2c(c1)COC2)C1CCCOC1. The molecule has 0 aromatic heterocycles. The molecule has 2 aliphatic rings. The van der Waals surface area contributed by atoms with Gasteiger partial charge in [0.1, 0.15) is 0 Å². The minimum atomic E-state index is 0.413. The number of nitrogens with one attached hydrogen (secondary N) is 1. The molecule has 2 atom stereocenters. The molecule has 2 unspecified atom stereocenters. The molecule has 0 amide bonds. The van der Waals surface area contributed by atoms with E-state index < -0.39 is 0 Å². The highest BCUT2D eigenvalue weighted by Crippen LogP contribution is 2.31. The summed E-state index contributed by atoms with van der Waals surface area (Å²) in [7, 11) is 0. The first-order valence-corrected chi connectivity index (χ1v) is 7.39. The van der Waals surface area contributed by atoms with Crippen LogP contribution in [0.2, 0.25) is 0 Å². The first kappa shape index (κ1) is 13.1. The summed E-state index contributed by atoms with van der Waals surface area (Å²) >= 11 is 0. The van der Waals surface area contributed by atoms with Crippen LogP contribution in [0.15, 0.2) is 18.2 Å². The summed E-state index contributed by atoms with van der Waals surface area (Å²) in [5.74, 6) is 0.592. The zero-order chi connectivity index (χ0) is 13.1. The van der Waals surface area contributed by atoms with Gasteiger partial charge in [0.25, 0.3) is 0 Å². The molecule has 0 spiro atoms. The van der Waals surface area contributed by atoms with Crippen molar-refractivity contribution >= 4 is 0 Å². The van der Waals surface area contributed by atoms with Gasteiger partial charge in [-0.2, -0.15) is 0 Å². The summed E-state index contributed by atoms with van der Waals surface area (Å²) in [5.41, 5.74) is 4.10. The van der Waals surface area contributed by atoms with E-state index in [1.807, 2.05) is 0 Å². The molecule has 1 N–H and O–H groups in total. The Morgan fingerprint density at radius 2 is 2.16 bits per heavy atom. The Kier molecular flexibility index (Phi) is 4.16. The van der Waals surface area contributed by atoms with Crippen LogP contribution in [0.4, 0.5) is 0 Å². The maximum atomic E-state index is 5.66. The zero-order valence-corrected chi connectivity index (χ0v) is 11.7. The van der Waals surface area contributed by atoms with Crippen molar-refractivity contribution in [1.29, 1.82) is 0 Å². The Balaban J connectivity index is 1.82. The molecule has 0 saturated carbocycles.